The average molecular weight is 470 g/mol. The van der Waals surface area contributed by atoms with Crippen molar-refractivity contribution in [2.45, 2.75) is 45.1 Å². The van der Waals surface area contributed by atoms with Gasteiger partial charge in [-0.1, -0.05) is 26.3 Å². The number of carbonyl (C=O) groups excluding carboxylic acids is 1. The molecule has 2 N–H and O–H groups in total. The van der Waals surface area contributed by atoms with E-state index in [9.17, 15) is 23.1 Å². The molecular weight excluding hydrogens is 443 g/mol. The maximum Gasteiger partial charge on any atom is 0.274 e. The van der Waals surface area contributed by atoms with Crippen LogP contribution in [0.15, 0.2) is 48.8 Å². The molecule has 1 aromatic carbocycles. The Morgan fingerprint density at radius 3 is 2.50 bits per heavy atom. The molecule has 4 unspecified atom stereocenters. The van der Waals surface area contributed by atoms with Crippen molar-refractivity contribution in [3.63, 3.8) is 0 Å². The summed E-state index contributed by atoms with van der Waals surface area (Å²) >= 11 is 0. The first-order chi connectivity index (χ1) is 16.3. The van der Waals surface area contributed by atoms with Gasteiger partial charge in [-0.2, -0.15) is 0 Å². The van der Waals surface area contributed by atoms with E-state index in [1.54, 1.807) is 6.20 Å². The molecular formula is C26H26F3N3O2. The molecule has 3 aromatic rings. The molecule has 0 bridgehead atoms. The largest absolute Gasteiger partial charge is 0.393 e. The molecule has 0 spiro atoms. The number of anilines is 1. The number of nitrogens with zero attached hydrogens (tertiary/aromatic N) is 2. The number of hydrogen-bond acceptors (Lipinski definition) is 4. The molecule has 2 aromatic heterocycles. The van der Waals surface area contributed by atoms with Gasteiger partial charge in [0.1, 0.15) is 28.8 Å². The van der Waals surface area contributed by atoms with Crippen LogP contribution in [0.5, 0.6) is 0 Å². The Bertz CT molecular complexity index is 1170. The van der Waals surface area contributed by atoms with Gasteiger partial charge >= 0.3 is 0 Å². The standard InChI is InChI=1S/C26H26F3N3O2/c1-3-16-14(2)11-15(12-23(16)33)17-9-10-30-13-22(17)32-26(34)21-8-7-20(29)25(31-21)24-18(27)5-4-6-19(24)28/h4-10,13-16,23,33H,3,11-12H2,1-2H3,(H,32,34). The molecule has 2 heterocycles. The maximum absolute atomic E-state index is 14.4. The van der Waals surface area contributed by atoms with Crippen LogP contribution in [-0.2, 0) is 0 Å². The predicted molar refractivity (Wildman–Crippen MR) is 123 cm³/mol. The second kappa shape index (κ2) is 9.93. The lowest BCUT2D eigenvalue weighted by Crippen LogP contribution is -2.34. The van der Waals surface area contributed by atoms with Crippen LogP contribution < -0.4 is 5.32 Å². The number of rotatable bonds is 5. The fraction of sp³-hybridized carbons (Fsp3) is 0.346. The van der Waals surface area contributed by atoms with E-state index in [0.29, 0.717) is 18.0 Å². The first-order valence-electron chi connectivity index (χ1n) is 11.3. The first kappa shape index (κ1) is 23.9. The van der Waals surface area contributed by atoms with Crippen molar-refractivity contribution < 1.29 is 23.1 Å². The van der Waals surface area contributed by atoms with E-state index in [1.807, 2.05) is 6.07 Å². The van der Waals surface area contributed by atoms with Crippen LogP contribution >= 0.6 is 0 Å². The van der Waals surface area contributed by atoms with Gasteiger partial charge in [-0.25, -0.2) is 18.2 Å². The fourth-order valence-corrected chi connectivity index (χ4v) is 5.01. The third-order valence-electron chi connectivity index (χ3n) is 6.70. The number of amides is 1. The molecule has 0 saturated heterocycles. The first-order valence-corrected chi connectivity index (χ1v) is 11.3. The smallest absolute Gasteiger partial charge is 0.274 e. The second-order valence-electron chi connectivity index (χ2n) is 8.83. The van der Waals surface area contributed by atoms with E-state index in [2.05, 4.69) is 29.1 Å². The summed E-state index contributed by atoms with van der Waals surface area (Å²) in [6.07, 6.45) is 5.03. The Morgan fingerprint density at radius 1 is 1.09 bits per heavy atom. The van der Waals surface area contributed by atoms with Gasteiger partial charge in [-0.3, -0.25) is 9.78 Å². The van der Waals surface area contributed by atoms with Crippen LogP contribution in [0.2, 0.25) is 0 Å². The third-order valence-corrected chi connectivity index (χ3v) is 6.70. The Labute approximate surface area is 196 Å². The number of aromatic nitrogens is 2. The van der Waals surface area contributed by atoms with E-state index in [4.69, 9.17) is 0 Å². The summed E-state index contributed by atoms with van der Waals surface area (Å²) in [6.45, 7) is 4.19. The highest BCUT2D eigenvalue weighted by molar-refractivity contribution is 6.03. The molecule has 4 atom stereocenters. The zero-order valence-corrected chi connectivity index (χ0v) is 18.9. The molecule has 178 valence electrons. The molecule has 1 saturated carbocycles. The van der Waals surface area contributed by atoms with Gasteiger partial charge in [-0.15, -0.1) is 0 Å². The molecule has 1 aliphatic carbocycles. The average Bonchev–Trinajstić information content (AvgIpc) is 2.80. The summed E-state index contributed by atoms with van der Waals surface area (Å²) in [7, 11) is 0. The molecule has 0 radical (unpaired) electrons. The van der Waals surface area contributed by atoms with Crippen molar-refractivity contribution in [3.05, 3.63) is 77.5 Å². The predicted octanol–water partition coefficient (Wildman–Crippen LogP) is 5.71. The number of nitrogens with one attached hydrogen (secondary N) is 1. The quantitative estimate of drug-likeness (QED) is 0.502. The summed E-state index contributed by atoms with van der Waals surface area (Å²) in [6, 6.07) is 7.08. The van der Waals surface area contributed by atoms with Gasteiger partial charge in [0.25, 0.3) is 5.91 Å². The van der Waals surface area contributed by atoms with Crippen LogP contribution in [0.25, 0.3) is 11.3 Å². The highest BCUT2D eigenvalue weighted by Crippen LogP contribution is 2.42. The van der Waals surface area contributed by atoms with Gasteiger partial charge in [0.15, 0.2) is 0 Å². The van der Waals surface area contributed by atoms with E-state index in [-0.39, 0.29) is 17.5 Å². The molecule has 1 amide bonds. The van der Waals surface area contributed by atoms with Gasteiger partial charge < -0.3 is 10.4 Å². The van der Waals surface area contributed by atoms with Crippen molar-refractivity contribution >= 4 is 11.6 Å². The summed E-state index contributed by atoms with van der Waals surface area (Å²) < 4.78 is 42.8. The number of benzene rings is 1. The van der Waals surface area contributed by atoms with Crippen molar-refractivity contribution in [2.75, 3.05) is 5.32 Å². The summed E-state index contributed by atoms with van der Waals surface area (Å²) in [5.74, 6) is -3.00. The Kier molecular flexibility index (Phi) is 6.97. The van der Waals surface area contributed by atoms with Gasteiger partial charge in [-0.05, 0) is 66.5 Å². The summed E-state index contributed by atoms with van der Waals surface area (Å²) in [5, 5.41) is 13.4. The lowest BCUT2D eigenvalue weighted by Gasteiger charge is -2.38. The van der Waals surface area contributed by atoms with Gasteiger partial charge in [0.2, 0.25) is 0 Å². The molecule has 1 fully saturated rings. The zero-order valence-electron chi connectivity index (χ0n) is 18.9. The van der Waals surface area contributed by atoms with Gasteiger partial charge in [0, 0.05) is 6.20 Å². The minimum absolute atomic E-state index is 0.0235. The van der Waals surface area contributed by atoms with E-state index in [1.165, 1.54) is 12.3 Å². The van der Waals surface area contributed by atoms with Crippen LogP contribution in [0.4, 0.5) is 18.9 Å². The normalized spacial score (nSPS) is 22.4. The van der Waals surface area contributed by atoms with Gasteiger partial charge in [0.05, 0.1) is 23.6 Å². The lowest BCUT2D eigenvalue weighted by molar-refractivity contribution is 0.0267. The third kappa shape index (κ3) is 4.68. The second-order valence-corrected chi connectivity index (χ2v) is 8.83. The lowest BCUT2D eigenvalue weighted by atomic mass is 9.70. The van der Waals surface area contributed by atoms with Crippen molar-refractivity contribution in [1.82, 2.24) is 9.97 Å². The molecule has 4 rings (SSSR count). The van der Waals surface area contributed by atoms with E-state index < -0.39 is 40.7 Å². The molecule has 5 nitrogen and oxygen atoms in total. The van der Waals surface area contributed by atoms with Crippen LogP contribution in [0, 0.1) is 29.3 Å². The number of pyridine rings is 2. The summed E-state index contributed by atoms with van der Waals surface area (Å²) in [4.78, 5) is 21.0. The molecule has 8 heteroatoms. The number of aliphatic hydroxyl groups is 1. The number of aliphatic hydroxyl groups excluding tert-OH is 1. The monoisotopic (exact) mass is 469 g/mol. The molecule has 0 aliphatic heterocycles. The fourth-order valence-electron chi connectivity index (χ4n) is 5.01. The van der Waals surface area contributed by atoms with Crippen molar-refractivity contribution in [3.8, 4) is 11.3 Å². The van der Waals surface area contributed by atoms with Crippen LogP contribution in [0.1, 0.15) is 55.1 Å². The molecule has 1 aliphatic rings. The number of carbonyl (C=O) groups is 1. The SMILES string of the molecule is CCC1C(C)CC(c2ccncc2NC(=O)c2ccc(F)c(-c3c(F)cccc3F)n2)CC1O. The van der Waals surface area contributed by atoms with E-state index >= 15 is 0 Å². The number of halogens is 3. The van der Waals surface area contributed by atoms with Crippen molar-refractivity contribution in [1.29, 1.82) is 0 Å². The van der Waals surface area contributed by atoms with Crippen LogP contribution in [0.3, 0.4) is 0 Å². The Hall–Kier alpha value is -3.26. The van der Waals surface area contributed by atoms with E-state index in [0.717, 1.165) is 42.7 Å². The number of hydrogen-bond donors (Lipinski definition) is 2. The Morgan fingerprint density at radius 2 is 1.82 bits per heavy atom. The minimum Gasteiger partial charge on any atom is -0.393 e. The van der Waals surface area contributed by atoms with Crippen molar-refractivity contribution in [2.24, 2.45) is 11.8 Å². The topological polar surface area (TPSA) is 75.1 Å². The Balaban J connectivity index is 1.62. The summed E-state index contributed by atoms with van der Waals surface area (Å²) in [5.41, 5.74) is -0.114. The van der Waals surface area contributed by atoms with Crippen LogP contribution in [-0.4, -0.2) is 27.1 Å². The highest BCUT2D eigenvalue weighted by Gasteiger charge is 2.35. The molecule has 34 heavy (non-hydrogen) atoms. The maximum atomic E-state index is 14.4. The zero-order chi connectivity index (χ0) is 24.4. The minimum atomic E-state index is -0.978. The highest BCUT2D eigenvalue weighted by atomic mass is 19.1.